The van der Waals surface area contributed by atoms with Gasteiger partial charge in [-0.25, -0.2) is 9.38 Å². The van der Waals surface area contributed by atoms with Gasteiger partial charge in [0.2, 0.25) is 0 Å². The van der Waals surface area contributed by atoms with Crippen molar-refractivity contribution in [1.82, 2.24) is 0 Å². The van der Waals surface area contributed by atoms with E-state index in [1.54, 1.807) is 12.1 Å². The molecule has 2 rings (SSSR count). The van der Waals surface area contributed by atoms with Gasteiger partial charge in [-0.2, -0.15) is 0 Å². The lowest BCUT2D eigenvalue weighted by Gasteiger charge is -2.11. The first-order chi connectivity index (χ1) is 12.0. The van der Waals surface area contributed by atoms with E-state index in [1.165, 1.54) is 13.2 Å². The average molecular weight is 345 g/mol. The van der Waals surface area contributed by atoms with E-state index in [9.17, 15) is 4.39 Å². The van der Waals surface area contributed by atoms with Gasteiger partial charge in [-0.3, -0.25) is 0 Å². The molecule has 5 nitrogen and oxygen atoms in total. The van der Waals surface area contributed by atoms with Gasteiger partial charge in [0.05, 0.1) is 19.3 Å². The second kappa shape index (κ2) is 9.03. The minimum absolute atomic E-state index is 0.129. The number of ether oxygens (including phenoxy) is 2. The molecule has 0 saturated carbocycles. The predicted octanol–water partition coefficient (Wildman–Crippen LogP) is 3.69. The summed E-state index contributed by atoms with van der Waals surface area (Å²) in [5.74, 6) is 0.799. The van der Waals surface area contributed by atoms with Crippen molar-refractivity contribution in [3.63, 3.8) is 0 Å². The van der Waals surface area contributed by atoms with Crippen LogP contribution in [0.25, 0.3) is 0 Å². The molecule has 0 saturated heterocycles. The summed E-state index contributed by atoms with van der Waals surface area (Å²) >= 11 is 0. The number of nitrogens with zero attached hydrogens (tertiary/aromatic N) is 1. The van der Waals surface area contributed by atoms with Crippen molar-refractivity contribution >= 4 is 11.6 Å². The summed E-state index contributed by atoms with van der Waals surface area (Å²) in [6, 6.07) is 12.3. The van der Waals surface area contributed by atoms with E-state index in [2.05, 4.69) is 10.3 Å². The number of hydrogen-bond donors (Lipinski definition) is 2. The predicted molar refractivity (Wildman–Crippen MR) is 98.3 cm³/mol. The Morgan fingerprint density at radius 1 is 1.20 bits per heavy atom. The molecular formula is C19H24FN3O2. The van der Waals surface area contributed by atoms with Crippen molar-refractivity contribution in [1.29, 1.82) is 0 Å². The van der Waals surface area contributed by atoms with Gasteiger partial charge >= 0.3 is 0 Å². The van der Waals surface area contributed by atoms with Crippen LogP contribution in [0.5, 0.6) is 5.75 Å². The van der Waals surface area contributed by atoms with E-state index in [-0.39, 0.29) is 24.5 Å². The average Bonchev–Trinajstić information content (AvgIpc) is 2.57. The van der Waals surface area contributed by atoms with E-state index in [0.29, 0.717) is 12.1 Å². The Labute approximate surface area is 147 Å². The van der Waals surface area contributed by atoms with Crippen molar-refractivity contribution in [3.8, 4) is 5.75 Å². The lowest BCUT2D eigenvalue weighted by atomic mass is 10.1. The molecular weight excluding hydrogens is 321 g/mol. The van der Waals surface area contributed by atoms with E-state index >= 15 is 0 Å². The van der Waals surface area contributed by atoms with Crippen LogP contribution in [0.4, 0.5) is 10.1 Å². The monoisotopic (exact) mass is 345 g/mol. The number of methoxy groups -OCH3 is 1. The Morgan fingerprint density at radius 2 is 1.92 bits per heavy atom. The van der Waals surface area contributed by atoms with Gasteiger partial charge in [0.25, 0.3) is 0 Å². The second-order valence-corrected chi connectivity index (χ2v) is 5.88. The molecule has 3 N–H and O–H groups in total. The van der Waals surface area contributed by atoms with Crippen molar-refractivity contribution in [2.45, 2.75) is 33.1 Å². The maximum atomic E-state index is 13.6. The molecule has 25 heavy (non-hydrogen) atoms. The van der Waals surface area contributed by atoms with Crippen LogP contribution in [0.3, 0.4) is 0 Å². The Balaban J connectivity index is 1.96. The number of rotatable bonds is 7. The number of anilines is 1. The maximum absolute atomic E-state index is 13.6. The molecule has 0 radical (unpaired) electrons. The summed E-state index contributed by atoms with van der Waals surface area (Å²) in [7, 11) is 1.53. The number of nitrogens with one attached hydrogen (secondary N) is 1. The molecule has 0 fully saturated rings. The van der Waals surface area contributed by atoms with Crippen LogP contribution in [0.2, 0.25) is 0 Å². The summed E-state index contributed by atoms with van der Waals surface area (Å²) in [5, 5.41) is 3.02. The summed E-state index contributed by atoms with van der Waals surface area (Å²) in [6.07, 6.45) is 0.129. The van der Waals surface area contributed by atoms with Crippen LogP contribution in [0.1, 0.15) is 25.0 Å². The Bertz CT molecular complexity index is 715. The zero-order chi connectivity index (χ0) is 18.2. The molecule has 0 aliphatic carbocycles. The highest BCUT2D eigenvalue weighted by atomic mass is 19.1. The smallest absolute Gasteiger partial charge is 0.193 e. The third kappa shape index (κ3) is 6.08. The van der Waals surface area contributed by atoms with Gasteiger partial charge in [0.15, 0.2) is 5.96 Å². The van der Waals surface area contributed by atoms with Gasteiger partial charge in [-0.05, 0) is 55.8 Å². The van der Waals surface area contributed by atoms with Gasteiger partial charge < -0.3 is 20.5 Å². The maximum Gasteiger partial charge on any atom is 0.193 e. The molecule has 0 atom stereocenters. The molecule has 0 bridgehead atoms. The lowest BCUT2D eigenvalue weighted by Crippen LogP contribution is -2.22. The fourth-order valence-corrected chi connectivity index (χ4v) is 2.25. The standard InChI is InChI=1S/C19H24FN3O2/c1-13(2)25-17-7-5-16(6-8-17)23-19(21)22-11-14-4-9-18(20)15(10-14)12-24-3/h4-10,13H,11-12H2,1-3H3,(H3,21,22,23). The van der Waals surface area contributed by atoms with Crippen LogP contribution >= 0.6 is 0 Å². The second-order valence-electron chi connectivity index (χ2n) is 5.88. The molecule has 0 aromatic heterocycles. The fourth-order valence-electron chi connectivity index (χ4n) is 2.25. The molecule has 2 aromatic carbocycles. The van der Waals surface area contributed by atoms with E-state index in [4.69, 9.17) is 15.2 Å². The fraction of sp³-hybridized carbons (Fsp3) is 0.316. The molecule has 0 aliphatic rings. The SMILES string of the molecule is COCc1cc(CN=C(N)Nc2ccc(OC(C)C)cc2)ccc1F. The van der Waals surface area contributed by atoms with Crippen LogP contribution in [-0.4, -0.2) is 19.2 Å². The first kappa shape index (κ1) is 18.7. The number of nitrogens with two attached hydrogens (primary N) is 1. The molecule has 0 spiro atoms. The topological polar surface area (TPSA) is 68.9 Å². The molecule has 0 unspecified atom stereocenters. The van der Waals surface area contributed by atoms with Crippen LogP contribution in [0, 0.1) is 5.82 Å². The largest absolute Gasteiger partial charge is 0.491 e. The first-order valence-electron chi connectivity index (χ1n) is 8.08. The quantitative estimate of drug-likeness (QED) is 0.593. The third-order valence-corrected chi connectivity index (χ3v) is 3.34. The number of halogens is 1. The number of benzene rings is 2. The lowest BCUT2D eigenvalue weighted by molar-refractivity contribution is 0.181. The highest BCUT2D eigenvalue weighted by molar-refractivity contribution is 5.92. The van der Waals surface area contributed by atoms with Gasteiger partial charge in [0, 0.05) is 18.4 Å². The summed E-state index contributed by atoms with van der Waals surface area (Å²) < 4.78 is 24.2. The minimum atomic E-state index is -0.288. The Morgan fingerprint density at radius 3 is 2.56 bits per heavy atom. The number of guanidine groups is 1. The molecule has 0 aliphatic heterocycles. The van der Waals surface area contributed by atoms with E-state index in [1.807, 2.05) is 38.1 Å². The van der Waals surface area contributed by atoms with Gasteiger partial charge in [-0.1, -0.05) is 6.07 Å². The van der Waals surface area contributed by atoms with E-state index < -0.39 is 0 Å². The summed E-state index contributed by atoms with van der Waals surface area (Å²) in [5.41, 5.74) is 8.09. The van der Waals surface area contributed by atoms with Crippen molar-refractivity contribution in [2.24, 2.45) is 10.7 Å². The van der Waals surface area contributed by atoms with Crippen LogP contribution in [0.15, 0.2) is 47.5 Å². The zero-order valence-electron chi connectivity index (χ0n) is 14.8. The Kier molecular flexibility index (Phi) is 6.77. The minimum Gasteiger partial charge on any atom is -0.491 e. The highest BCUT2D eigenvalue weighted by Crippen LogP contribution is 2.17. The normalized spacial score (nSPS) is 11.6. The van der Waals surface area contributed by atoms with Crippen molar-refractivity contribution in [3.05, 3.63) is 59.4 Å². The van der Waals surface area contributed by atoms with Crippen LogP contribution in [-0.2, 0) is 17.9 Å². The molecule has 0 amide bonds. The number of hydrogen-bond acceptors (Lipinski definition) is 3. The Hall–Kier alpha value is -2.60. The van der Waals surface area contributed by atoms with Crippen molar-refractivity contribution in [2.75, 3.05) is 12.4 Å². The van der Waals surface area contributed by atoms with Gasteiger partial charge in [0.1, 0.15) is 11.6 Å². The molecule has 6 heteroatoms. The molecule has 2 aromatic rings. The summed E-state index contributed by atoms with van der Waals surface area (Å²) in [6.45, 7) is 4.53. The van der Waals surface area contributed by atoms with Crippen molar-refractivity contribution < 1.29 is 13.9 Å². The molecule has 134 valence electrons. The van der Waals surface area contributed by atoms with E-state index in [0.717, 1.165) is 17.0 Å². The highest BCUT2D eigenvalue weighted by Gasteiger charge is 2.04. The molecule has 0 heterocycles. The first-order valence-corrected chi connectivity index (χ1v) is 8.08. The number of aliphatic imine (C=N–C) groups is 1. The zero-order valence-corrected chi connectivity index (χ0v) is 14.8. The third-order valence-electron chi connectivity index (χ3n) is 3.34. The van der Waals surface area contributed by atoms with Crippen LogP contribution < -0.4 is 15.8 Å². The van der Waals surface area contributed by atoms with Gasteiger partial charge in [-0.15, -0.1) is 0 Å². The summed E-state index contributed by atoms with van der Waals surface area (Å²) in [4.78, 5) is 4.28.